The number of carboxylic acid groups (broad SMARTS) is 1. The average molecular weight is 318 g/mol. The van der Waals surface area contributed by atoms with Crippen LogP contribution in [0.1, 0.15) is 32.6 Å². The molecule has 0 aromatic carbocycles. The molecule has 0 bridgehead atoms. The van der Waals surface area contributed by atoms with Gasteiger partial charge in [0.15, 0.2) is 9.84 Å². The quantitative estimate of drug-likeness (QED) is 0.645. The van der Waals surface area contributed by atoms with Crippen LogP contribution in [-0.2, 0) is 19.4 Å². The molecule has 0 aromatic rings. The maximum atomic E-state index is 12.0. The van der Waals surface area contributed by atoms with Crippen molar-refractivity contribution >= 4 is 21.7 Å². The summed E-state index contributed by atoms with van der Waals surface area (Å²) in [6.45, 7) is 2.01. The van der Waals surface area contributed by atoms with Crippen molar-refractivity contribution in [1.29, 1.82) is 0 Å². The number of carbonyl (C=O) groups excluding carboxylic acids is 1. The summed E-state index contributed by atoms with van der Waals surface area (Å²) in [5.41, 5.74) is -0.929. The van der Waals surface area contributed by atoms with Crippen molar-refractivity contribution in [3.63, 3.8) is 0 Å². The molecule has 2 fully saturated rings. The van der Waals surface area contributed by atoms with Crippen molar-refractivity contribution in [2.45, 2.75) is 44.7 Å². The van der Waals surface area contributed by atoms with Crippen molar-refractivity contribution in [2.24, 2.45) is 5.41 Å². The SMILES string of the molecule is CC1(C(=O)O)CCCC1NC(=O)CC1CS(=O)(=O)CCN1. The fourth-order valence-corrected chi connectivity index (χ4v) is 4.57. The van der Waals surface area contributed by atoms with E-state index in [0.717, 1.165) is 6.42 Å². The Labute approximate surface area is 124 Å². The molecule has 2 rings (SSSR count). The molecule has 120 valence electrons. The molecule has 2 aliphatic rings. The van der Waals surface area contributed by atoms with Crippen LogP contribution in [0.5, 0.6) is 0 Å². The van der Waals surface area contributed by atoms with E-state index in [-0.39, 0.29) is 35.9 Å². The molecule has 1 aliphatic heterocycles. The van der Waals surface area contributed by atoms with Crippen molar-refractivity contribution in [3.05, 3.63) is 0 Å². The third-order valence-electron chi connectivity index (χ3n) is 4.51. The Morgan fingerprint density at radius 2 is 2.14 bits per heavy atom. The first-order valence-corrected chi connectivity index (χ1v) is 9.02. The Kier molecular flexibility index (Phi) is 4.57. The van der Waals surface area contributed by atoms with Crippen molar-refractivity contribution in [1.82, 2.24) is 10.6 Å². The van der Waals surface area contributed by atoms with Crippen LogP contribution in [0.25, 0.3) is 0 Å². The van der Waals surface area contributed by atoms with E-state index >= 15 is 0 Å². The third kappa shape index (κ3) is 3.74. The summed E-state index contributed by atoms with van der Waals surface area (Å²) in [5.74, 6) is -1.13. The van der Waals surface area contributed by atoms with Gasteiger partial charge >= 0.3 is 5.97 Å². The number of sulfone groups is 1. The highest BCUT2D eigenvalue weighted by Crippen LogP contribution is 2.38. The van der Waals surface area contributed by atoms with E-state index in [4.69, 9.17) is 0 Å². The highest BCUT2D eigenvalue weighted by Gasteiger charge is 2.46. The van der Waals surface area contributed by atoms with Crippen LogP contribution >= 0.6 is 0 Å². The molecule has 21 heavy (non-hydrogen) atoms. The van der Waals surface area contributed by atoms with Gasteiger partial charge in [0.1, 0.15) is 0 Å². The number of hydrogen-bond acceptors (Lipinski definition) is 5. The summed E-state index contributed by atoms with van der Waals surface area (Å²) in [6.07, 6.45) is 2.02. The smallest absolute Gasteiger partial charge is 0.311 e. The topological polar surface area (TPSA) is 113 Å². The molecule has 1 saturated carbocycles. The molecule has 3 unspecified atom stereocenters. The lowest BCUT2D eigenvalue weighted by atomic mass is 9.85. The summed E-state index contributed by atoms with van der Waals surface area (Å²) >= 11 is 0. The Bertz CT molecular complexity index is 533. The number of carboxylic acids is 1. The predicted octanol–water partition coefficient (Wildman–Crippen LogP) is -0.477. The number of carbonyl (C=O) groups is 2. The van der Waals surface area contributed by atoms with Gasteiger partial charge in [-0.1, -0.05) is 6.42 Å². The Hall–Kier alpha value is -1.15. The van der Waals surface area contributed by atoms with Gasteiger partial charge in [-0.05, 0) is 19.8 Å². The Morgan fingerprint density at radius 3 is 2.76 bits per heavy atom. The molecule has 1 saturated heterocycles. The summed E-state index contributed by atoms with van der Waals surface area (Å²) in [4.78, 5) is 23.4. The van der Waals surface area contributed by atoms with Gasteiger partial charge in [-0.2, -0.15) is 0 Å². The van der Waals surface area contributed by atoms with E-state index in [1.807, 2.05) is 0 Å². The Balaban J connectivity index is 1.91. The standard InChI is InChI=1S/C13H22N2O5S/c1-13(12(17)18)4-2-3-10(13)15-11(16)7-9-8-21(19,20)6-5-14-9/h9-10,14H,2-8H2,1H3,(H,15,16)(H,17,18). The van der Waals surface area contributed by atoms with E-state index in [2.05, 4.69) is 10.6 Å². The Morgan fingerprint density at radius 1 is 1.43 bits per heavy atom. The first kappa shape index (κ1) is 16.2. The molecule has 0 radical (unpaired) electrons. The molecule has 3 N–H and O–H groups in total. The molecular weight excluding hydrogens is 296 g/mol. The second-order valence-corrected chi connectivity index (χ2v) is 8.43. The lowest BCUT2D eigenvalue weighted by Crippen LogP contribution is -2.51. The molecule has 3 atom stereocenters. The maximum Gasteiger partial charge on any atom is 0.311 e. The zero-order chi connectivity index (χ0) is 15.7. The van der Waals surface area contributed by atoms with E-state index in [0.29, 0.717) is 19.4 Å². The summed E-state index contributed by atoms with van der Waals surface area (Å²) < 4.78 is 23.1. The highest BCUT2D eigenvalue weighted by atomic mass is 32.2. The van der Waals surface area contributed by atoms with Gasteiger partial charge in [0.25, 0.3) is 0 Å². The normalized spacial score (nSPS) is 35.3. The fourth-order valence-electron chi connectivity index (χ4n) is 3.13. The van der Waals surface area contributed by atoms with E-state index in [9.17, 15) is 23.1 Å². The van der Waals surface area contributed by atoms with Gasteiger partial charge < -0.3 is 15.7 Å². The third-order valence-corrected chi connectivity index (χ3v) is 6.25. The van der Waals surface area contributed by atoms with Crippen LogP contribution in [0.3, 0.4) is 0 Å². The number of aliphatic carboxylic acids is 1. The van der Waals surface area contributed by atoms with Crippen molar-refractivity contribution < 1.29 is 23.1 Å². The van der Waals surface area contributed by atoms with Gasteiger partial charge in [0.2, 0.25) is 5.91 Å². The first-order valence-electron chi connectivity index (χ1n) is 7.19. The zero-order valence-electron chi connectivity index (χ0n) is 12.1. The second kappa shape index (κ2) is 5.92. The zero-order valence-corrected chi connectivity index (χ0v) is 12.9. The lowest BCUT2D eigenvalue weighted by molar-refractivity contribution is -0.149. The van der Waals surface area contributed by atoms with Crippen LogP contribution in [0, 0.1) is 5.41 Å². The minimum absolute atomic E-state index is 0.0404. The number of rotatable bonds is 4. The lowest BCUT2D eigenvalue weighted by Gasteiger charge is -2.29. The van der Waals surface area contributed by atoms with E-state index in [1.54, 1.807) is 6.92 Å². The molecular formula is C13H22N2O5S. The number of amides is 1. The van der Waals surface area contributed by atoms with Crippen LogP contribution in [0.2, 0.25) is 0 Å². The van der Waals surface area contributed by atoms with Crippen LogP contribution in [0.15, 0.2) is 0 Å². The minimum atomic E-state index is -3.08. The fraction of sp³-hybridized carbons (Fsp3) is 0.846. The average Bonchev–Trinajstić information content (AvgIpc) is 2.70. The molecule has 0 aromatic heterocycles. The van der Waals surface area contributed by atoms with E-state index in [1.165, 1.54) is 0 Å². The van der Waals surface area contributed by atoms with Crippen LogP contribution in [0.4, 0.5) is 0 Å². The minimum Gasteiger partial charge on any atom is -0.481 e. The van der Waals surface area contributed by atoms with Gasteiger partial charge in [-0.25, -0.2) is 8.42 Å². The van der Waals surface area contributed by atoms with Crippen molar-refractivity contribution in [2.75, 3.05) is 18.1 Å². The van der Waals surface area contributed by atoms with E-state index < -0.39 is 21.2 Å². The second-order valence-electron chi connectivity index (χ2n) is 6.20. The maximum absolute atomic E-state index is 12.0. The van der Waals surface area contributed by atoms with Gasteiger partial charge in [-0.15, -0.1) is 0 Å². The molecule has 0 spiro atoms. The summed E-state index contributed by atoms with van der Waals surface area (Å²) in [5, 5.41) is 15.1. The van der Waals surface area contributed by atoms with Crippen LogP contribution < -0.4 is 10.6 Å². The monoisotopic (exact) mass is 318 g/mol. The summed E-state index contributed by atoms with van der Waals surface area (Å²) in [7, 11) is -3.08. The van der Waals surface area contributed by atoms with Gasteiger partial charge in [-0.3, -0.25) is 9.59 Å². The molecule has 1 amide bonds. The number of nitrogens with one attached hydrogen (secondary N) is 2. The van der Waals surface area contributed by atoms with Crippen LogP contribution in [-0.4, -0.2) is 55.5 Å². The van der Waals surface area contributed by atoms with Gasteiger partial charge in [0, 0.05) is 25.0 Å². The van der Waals surface area contributed by atoms with Gasteiger partial charge in [0.05, 0.1) is 16.9 Å². The largest absolute Gasteiger partial charge is 0.481 e. The molecule has 1 aliphatic carbocycles. The summed E-state index contributed by atoms with van der Waals surface area (Å²) in [6, 6.07) is -0.774. The molecule has 7 nitrogen and oxygen atoms in total. The number of hydrogen-bond donors (Lipinski definition) is 3. The molecule has 8 heteroatoms. The predicted molar refractivity (Wildman–Crippen MR) is 76.6 cm³/mol. The highest BCUT2D eigenvalue weighted by molar-refractivity contribution is 7.91. The first-order chi connectivity index (χ1) is 9.73. The molecule has 1 heterocycles. The van der Waals surface area contributed by atoms with Crippen molar-refractivity contribution in [3.8, 4) is 0 Å².